The number of hydrogen-bond donors (Lipinski definition) is 1. The fourth-order valence-corrected chi connectivity index (χ4v) is 9.04. The number of benzene rings is 1. The van der Waals surface area contributed by atoms with E-state index in [0.29, 0.717) is 24.8 Å². The molecule has 8 heteroatoms. The van der Waals surface area contributed by atoms with E-state index in [1.807, 2.05) is 0 Å². The number of aliphatic hydroxyl groups excluding tert-OH is 1. The van der Waals surface area contributed by atoms with Crippen LogP contribution in [0.3, 0.4) is 0 Å². The van der Waals surface area contributed by atoms with E-state index in [4.69, 9.17) is 4.37 Å². The third-order valence-electron chi connectivity index (χ3n) is 10.1. The van der Waals surface area contributed by atoms with Gasteiger partial charge in [0.05, 0.1) is 22.6 Å². The van der Waals surface area contributed by atoms with Crippen molar-refractivity contribution >= 4 is 39.3 Å². The van der Waals surface area contributed by atoms with Crippen LogP contribution >= 0.6 is 11.5 Å². The van der Waals surface area contributed by atoms with Crippen molar-refractivity contribution in [2.45, 2.75) is 44.6 Å². The van der Waals surface area contributed by atoms with Crippen LogP contribution in [0, 0.1) is 35.5 Å². The van der Waals surface area contributed by atoms with Gasteiger partial charge in [-0.3, -0.25) is 19.4 Å². The maximum absolute atomic E-state index is 13.3. The lowest BCUT2D eigenvalue weighted by atomic mass is 9.78. The molecule has 2 bridgehead atoms. The van der Waals surface area contributed by atoms with Crippen molar-refractivity contribution in [3.63, 3.8) is 0 Å². The summed E-state index contributed by atoms with van der Waals surface area (Å²) in [6.07, 6.45) is 5.90. The number of nitrogens with zero attached hydrogens (tertiary/aromatic N) is 4. The second-order valence-corrected chi connectivity index (χ2v) is 12.7. The van der Waals surface area contributed by atoms with Crippen LogP contribution < -0.4 is 4.90 Å². The van der Waals surface area contributed by atoms with E-state index in [0.717, 1.165) is 51.4 Å². The molecule has 7 atom stereocenters. The molecule has 1 aromatic heterocycles. The standard InChI is InChI=1S/C28H36N4O3S/c33-22-14-19-13-21(22)25-24(19)27(34)32(28(25)35)16-18-6-2-1-5-17(18)15-30-9-11-31(12-10-30)26-20-7-3-4-8-23(20)36-29-26/h3-4,7-8,17-19,21-22,24-25,33H,1-2,5-6,9-16H2/t17-,18-,19+,21-,22+,24+,25-/m0/s1. The largest absolute Gasteiger partial charge is 0.393 e. The number of fused-ring (bicyclic) bond motifs is 6. The first kappa shape index (κ1) is 23.1. The number of rotatable bonds is 5. The van der Waals surface area contributed by atoms with E-state index in [2.05, 4.69) is 34.1 Å². The van der Waals surface area contributed by atoms with Crippen molar-refractivity contribution in [1.29, 1.82) is 0 Å². The van der Waals surface area contributed by atoms with Gasteiger partial charge in [-0.25, -0.2) is 0 Å². The molecule has 3 saturated carbocycles. The van der Waals surface area contributed by atoms with Crippen molar-refractivity contribution in [2.24, 2.45) is 35.5 Å². The number of hydrogen-bond acceptors (Lipinski definition) is 7. The Morgan fingerprint density at radius 1 is 0.917 bits per heavy atom. The molecule has 5 aliphatic rings. The number of likely N-dealkylation sites (tertiary alicyclic amines) is 1. The van der Waals surface area contributed by atoms with Crippen molar-refractivity contribution in [2.75, 3.05) is 44.2 Å². The fourth-order valence-electron chi connectivity index (χ4n) is 8.24. The molecule has 1 N–H and O–H groups in total. The quantitative estimate of drug-likeness (QED) is 0.625. The van der Waals surface area contributed by atoms with Gasteiger partial charge < -0.3 is 10.0 Å². The predicted molar refractivity (Wildman–Crippen MR) is 140 cm³/mol. The highest BCUT2D eigenvalue weighted by Gasteiger charge is 2.63. The van der Waals surface area contributed by atoms with Crippen LogP contribution in [0.4, 0.5) is 5.82 Å². The normalized spacial score (nSPS) is 36.9. The number of amides is 2. The van der Waals surface area contributed by atoms with Crippen LogP contribution in [0.25, 0.3) is 10.1 Å². The number of aromatic nitrogens is 1. The van der Waals surface area contributed by atoms with Crippen LogP contribution in [-0.4, -0.2) is 76.5 Å². The molecule has 2 aliphatic heterocycles. The summed E-state index contributed by atoms with van der Waals surface area (Å²) in [5.74, 6) is 1.97. The van der Waals surface area contributed by atoms with Crippen molar-refractivity contribution in [3.8, 4) is 0 Å². The van der Waals surface area contributed by atoms with E-state index >= 15 is 0 Å². The number of anilines is 1. The van der Waals surface area contributed by atoms with Crippen LogP contribution in [0.5, 0.6) is 0 Å². The molecule has 2 saturated heterocycles. The van der Waals surface area contributed by atoms with Gasteiger partial charge in [-0.15, -0.1) is 0 Å². The number of carbonyl (C=O) groups is 2. The highest BCUT2D eigenvalue weighted by Crippen LogP contribution is 2.56. The summed E-state index contributed by atoms with van der Waals surface area (Å²) in [6, 6.07) is 8.49. The molecule has 2 aromatic rings. The Bertz CT molecular complexity index is 1160. The summed E-state index contributed by atoms with van der Waals surface area (Å²) in [5.41, 5.74) is 0. The molecule has 2 amide bonds. The average Bonchev–Trinajstić information content (AvgIpc) is 3.64. The van der Waals surface area contributed by atoms with Gasteiger partial charge in [-0.2, -0.15) is 4.37 Å². The smallest absolute Gasteiger partial charge is 0.233 e. The van der Waals surface area contributed by atoms with Crippen molar-refractivity contribution in [3.05, 3.63) is 24.3 Å². The first-order chi connectivity index (χ1) is 17.6. The van der Waals surface area contributed by atoms with Gasteiger partial charge in [-0.1, -0.05) is 25.0 Å². The molecular formula is C28H36N4O3S. The maximum Gasteiger partial charge on any atom is 0.233 e. The van der Waals surface area contributed by atoms with Crippen molar-refractivity contribution < 1.29 is 14.7 Å². The van der Waals surface area contributed by atoms with Gasteiger partial charge in [0.25, 0.3) is 0 Å². The Hall–Kier alpha value is -2.03. The third kappa shape index (κ3) is 3.71. The molecule has 3 aliphatic carbocycles. The Labute approximate surface area is 216 Å². The molecule has 192 valence electrons. The van der Waals surface area contributed by atoms with Gasteiger partial charge in [0, 0.05) is 44.7 Å². The highest BCUT2D eigenvalue weighted by atomic mass is 32.1. The van der Waals surface area contributed by atoms with Crippen LogP contribution in [0.2, 0.25) is 0 Å². The van der Waals surface area contributed by atoms with Crippen LogP contribution in [0.1, 0.15) is 38.5 Å². The van der Waals surface area contributed by atoms with Gasteiger partial charge >= 0.3 is 0 Å². The molecule has 0 spiro atoms. The van der Waals surface area contributed by atoms with Gasteiger partial charge in [0.2, 0.25) is 11.8 Å². The van der Waals surface area contributed by atoms with E-state index < -0.39 is 6.10 Å². The molecular weight excluding hydrogens is 472 g/mol. The monoisotopic (exact) mass is 508 g/mol. The first-order valence-electron chi connectivity index (χ1n) is 13.9. The van der Waals surface area contributed by atoms with Crippen LogP contribution in [0.15, 0.2) is 24.3 Å². The predicted octanol–water partition coefficient (Wildman–Crippen LogP) is 3.23. The molecule has 3 heterocycles. The Morgan fingerprint density at radius 2 is 1.64 bits per heavy atom. The number of piperazine rings is 1. The molecule has 1 aromatic carbocycles. The molecule has 0 unspecified atom stereocenters. The average molecular weight is 509 g/mol. The number of carbonyl (C=O) groups excluding carboxylic acids is 2. The summed E-state index contributed by atoms with van der Waals surface area (Å²) in [6.45, 7) is 5.69. The van der Waals surface area contributed by atoms with Gasteiger partial charge in [0.15, 0.2) is 0 Å². The minimum atomic E-state index is -0.392. The molecule has 0 radical (unpaired) electrons. The van der Waals surface area contributed by atoms with Crippen LogP contribution in [-0.2, 0) is 9.59 Å². The number of imide groups is 1. The number of aliphatic hydroxyl groups is 1. The summed E-state index contributed by atoms with van der Waals surface area (Å²) in [7, 11) is 0. The SMILES string of the molecule is O=C1[C@@H]2[C@@H]3C[C@H]([C@@H]2C(=O)N1C[C@@H]1CCCC[C@H]1CN1CCN(c2nsc4ccccc24)CC1)[C@H](O)C3. The second-order valence-electron chi connectivity index (χ2n) is 11.9. The van der Waals surface area contributed by atoms with Gasteiger partial charge in [-0.05, 0) is 73.0 Å². The summed E-state index contributed by atoms with van der Waals surface area (Å²) in [5, 5.41) is 11.6. The summed E-state index contributed by atoms with van der Waals surface area (Å²) < 4.78 is 6.00. The molecule has 7 nitrogen and oxygen atoms in total. The highest BCUT2D eigenvalue weighted by molar-refractivity contribution is 7.13. The zero-order chi connectivity index (χ0) is 24.4. The van der Waals surface area contributed by atoms with Gasteiger partial charge in [0.1, 0.15) is 5.82 Å². The van der Waals surface area contributed by atoms with E-state index in [1.54, 1.807) is 16.4 Å². The Kier molecular flexibility index (Phi) is 5.82. The van der Waals surface area contributed by atoms with E-state index in [-0.39, 0.29) is 35.5 Å². The molecule has 7 rings (SSSR count). The molecule has 5 fully saturated rings. The minimum absolute atomic E-state index is 0.00901. The Balaban J connectivity index is 0.988. The second kappa shape index (κ2) is 9.07. The molecule has 36 heavy (non-hydrogen) atoms. The summed E-state index contributed by atoms with van der Waals surface area (Å²) >= 11 is 1.58. The minimum Gasteiger partial charge on any atom is -0.393 e. The maximum atomic E-state index is 13.3. The van der Waals surface area contributed by atoms with E-state index in [1.165, 1.54) is 29.3 Å². The zero-order valence-electron chi connectivity index (χ0n) is 20.8. The van der Waals surface area contributed by atoms with E-state index in [9.17, 15) is 14.7 Å². The summed E-state index contributed by atoms with van der Waals surface area (Å²) in [4.78, 5) is 33.3. The first-order valence-corrected chi connectivity index (χ1v) is 14.7. The third-order valence-corrected chi connectivity index (χ3v) is 10.9. The lowest BCUT2D eigenvalue weighted by Gasteiger charge is -2.40. The topological polar surface area (TPSA) is 77.0 Å². The lowest BCUT2D eigenvalue weighted by Crippen LogP contribution is -2.49. The zero-order valence-corrected chi connectivity index (χ0v) is 21.6. The fraction of sp³-hybridized carbons (Fsp3) is 0.679. The van der Waals surface area contributed by atoms with Crippen molar-refractivity contribution in [1.82, 2.24) is 14.2 Å². The lowest BCUT2D eigenvalue weighted by molar-refractivity contribution is -0.142. The Morgan fingerprint density at radius 3 is 2.44 bits per heavy atom.